The first-order valence-corrected chi connectivity index (χ1v) is 7.71. The third-order valence-corrected chi connectivity index (χ3v) is 4.29. The normalized spacial score (nSPS) is 15.8. The molecular weight excluding hydrogens is 254 g/mol. The number of benzene rings is 1. The van der Waals surface area contributed by atoms with Crippen molar-refractivity contribution < 1.29 is 0 Å². The van der Waals surface area contributed by atoms with Crippen molar-refractivity contribution in [2.75, 3.05) is 18.4 Å². The van der Waals surface area contributed by atoms with Crippen LogP contribution < -0.4 is 5.32 Å². The number of nitrogens with zero attached hydrogens (tertiary/aromatic N) is 2. The zero-order valence-electron chi connectivity index (χ0n) is 11.0. The molecule has 0 radical (unpaired) electrons. The van der Waals surface area contributed by atoms with Crippen molar-refractivity contribution >= 4 is 17.0 Å². The van der Waals surface area contributed by atoms with Crippen molar-refractivity contribution in [3.8, 4) is 0 Å². The number of anilines is 1. The van der Waals surface area contributed by atoms with Gasteiger partial charge in [0.05, 0.1) is 12.1 Å². The Hall–Kier alpha value is -1.39. The van der Waals surface area contributed by atoms with E-state index in [0.29, 0.717) is 0 Å². The molecule has 1 saturated heterocycles. The number of likely N-dealkylation sites (tertiary alicyclic amines) is 1. The second-order valence-corrected chi connectivity index (χ2v) is 5.97. The van der Waals surface area contributed by atoms with Crippen LogP contribution >= 0.6 is 11.3 Å². The van der Waals surface area contributed by atoms with E-state index in [-0.39, 0.29) is 0 Å². The summed E-state index contributed by atoms with van der Waals surface area (Å²) in [5.74, 6) is 0. The Morgan fingerprint density at radius 1 is 1.16 bits per heavy atom. The second kappa shape index (κ2) is 6.17. The highest BCUT2D eigenvalue weighted by Gasteiger charge is 2.11. The molecule has 0 spiro atoms. The Morgan fingerprint density at radius 3 is 2.63 bits per heavy atom. The van der Waals surface area contributed by atoms with E-state index in [2.05, 4.69) is 39.5 Å². The van der Waals surface area contributed by atoms with Crippen LogP contribution in [-0.4, -0.2) is 23.0 Å². The minimum Gasteiger partial charge on any atom is -0.380 e. The molecule has 0 bridgehead atoms. The first kappa shape index (κ1) is 12.6. The summed E-state index contributed by atoms with van der Waals surface area (Å²) in [6.07, 6.45) is 4.63. The molecule has 1 aromatic carbocycles. The lowest BCUT2D eigenvalue weighted by molar-refractivity contribution is 0.331. The summed E-state index contributed by atoms with van der Waals surface area (Å²) in [6, 6.07) is 8.81. The van der Waals surface area contributed by atoms with E-state index >= 15 is 0 Å². The fourth-order valence-electron chi connectivity index (χ4n) is 2.45. The van der Waals surface area contributed by atoms with E-state index in [4.69, 9.17) is 0 Å². The smallest absolute Gasteiger partial charge is 0.0794 e. The molecule has 1 N–H and O–H groups in total. The average Bonchev–Trinajstić information content (AvgIpc) is 3.11. The summed E-state index contributed by atoms with van der Waals surface area (Å²) < 4.78 is 0. The van der Waals surface area contributed by atoms with Gasteiger partial charge in [0.2, 0.25) is 0 Å². The zero-order chi connectivity index (χ0) is 12.9. The second-order valence-electron chi connectivity index (χ2n) is 5.00. The maximum Gasteiger partial charge on any atom is 0.0794 e. The summed E-state index contributed by atoms with van der Waals surface area (Å²) in [4.78, 5) is 7.87. The van der Waals surface area contributed by atoms with Gasteiger partial charge >= 0.3 is 0 Å². The van der Waals surface area contributed by atoms with Gasteiger partial charge in [-0.2, -0.15) is 0 Å². The molecule has 1 aliphatic rings. The van der Waals surface area contributed by atoms with Gasteiger partial charge in [-0.05, 0) is 43.6 Å². The fraction of sp³-hybridized carbons (Fsp3) is 0.400. The Balaban J connectivity index is 1.53. The third-order valence-electron chi connectivity index (χ3n) is 3.51. The summed E-state index contributed by atoms with van der Waals surface area (Å²) in [7, 11) is 0. The Kier molecular flexibility index (Phi) is 4.10. The molecule has 1 aliphatic heterocycles. The number of hydrogen-bond acceptors (Lipinski definition) is 4. The maximum atomic E-state index is 4.08. The predicted octanol–water partition coefficient (Wildman–Crippen LogP) is 3.35. The van der Waals surface area contributed by atoms with Gasteiger partial charge in [-0.25, -0.2) is 0 Å². The average molecular weight is 273 g/mol. The van der Waals surface area contributed by atoms with E-state index in [1.54, 1.807) is 11.3 Å². The van der Waals surface area contributed by atoms with Crippen molar-refractivity contribution in [2.24, 2.45) is 0 Å². The molecule has 0 amide bonds. The van der Waals surface area contributed by atoms with Crippen molar-refractivity contribution in [1.82, 2.24) is 9.88 Å². The van der Waals surface area contributed by atoms with E-state index in [1.807, 2.05) is 11.7 Å². The maximum absolute atomic E-state index is 4.08. The van der Waals surface area contributed by atoms with Gasteiger partial charge in [0.25, 0.3) is 0 Å². The molecule has 0 aliphatic carbocycles. The van der Waals surface area contributed by atoms with Gasteiger partial charge in [0.1, 0.15) is 0 Å². The van der Waals surface area contributed by atoms with Crippen LogP contribution in [0.1, 0.15) is 23.3 Å². The van der Waals surface area contributed by atoms with E-state index in [9.17, 15) is 0 Å². The molecule has 3 nitrogen and oxygen atoms in total. The van der Waals surface area contributed by atoms with E-state index in [1.165, 1.54) is 42.1 Å². The summed E-state index contributed by atoms with van der Waals surface area (Å²) in [6.45, 7) is 4.46. The van der Waals surface area contributed by atoms with Crippen LogP contribution in [0.15, 0.2) is 36.0 Å². The molecule has 2 heterocycles. The zero-order valence-corrected chi connectivity index (χ0v) is 11.8. The van der Waals surface area contributed by atoms with Crippen LogP contribution in [0.25, 0.3) is 0 Å². The first-order valence-electron chi connectivity index (χ1n) is 6.83. The topological polar surface area (TPSA) is 28.2 Å². The van der Waals surface area contributed by atoms with Crippen molar-refractivity contribution in [3.05, 3.63) is 46.4 Å². The number of rotatable bonds is 5. The quantitative estimate of drug-likeness (QED) is 0.905. The predicted molar refractivity (Wildman–Crippen MR) is 80.4 cm³/mol. The molecule has 4 heteroatoms. The molecule has 0 atom stereocenters. The molecule has 1 aromatic heterocycles. The van der Waals surface area contributed by atoms with Gasteiger partial charge in [-0.15, -0.1) is 11.3 Å². The SMILES string of the molecule is c1ncc(CNc2ccc(CN3CCCC3)cc2)s1. The highest BCUT2D eigenvalue weighted by molar-refractivity contribution is 7.09. The number of aromatic nitrogens is 1. The standard InChI is InChI=1S/C15H19N3S/c1-2-8-18(7-1)11-13-3-5-14(6-4-13)17-10-15-9-16-12-19-15/h3-6,9,12,17H,1-2,7-8,10-11H2. The molecule has 3 rings (SSSR count). The Morgan fingerprint density at radius 2 is 1.95 bits per heavy atom. The largest absolute Gasteiger partial charge is 0.380 e. The van der Waals surface area contributed by atoms with Crippen LogP contribution in [0.5, 0.6) is 0 Å². The molecule has 0 unspecified atom stereocenters. The van der Waals surface area contributed by atoms with Crippen LogP contribution in [0, 0.1) is 0 Å². The molecule has 100 valence electrons. The van der Waals surface area contributed by atoms with Crippen LogP contribution in [0.4, 0.5) is 5.69 Å². The van der Waals surface area contributed by atoms with Gasteiger partial charge in [-0.3, -0.25) is 9.88 Å². The fourth-order valence-corrected chi connectivity index (χ4v) is 2.98. The lowest BCUT2D eigenvalue weighted by atomic mass is 10.2. The van der Waals surface area contributed by atoms with Crippen molar-refractivity contribution in [1.29, 1.82) is 0 Å². The van der Waals surface area contributed by atoms with Crippen LogP contribution in [0.3, 0.4) is 0 Å². The van der Waals surface area contributed by atoms with Crippen molar-refractivity contribution in [2.45, 2.75) is 25.9 Å². The van der Waals surface area contributed by atoms with Crippen molar-refractivity contribution in [3.63, 3.8) is 0 Å². The molecule has 0 saturated carbocycles. The number of nitrogens with one attached hydrogen (secondary N) is 1. The number of thiazole rings is 1. The molecular formula is C15H19N3S. The van der Waals surface area contributed by atoms with Crippen LogP contribution in [-0.2, 0) is 13.1 Å². The van der Waals surface area contributed by atoms with Crippen LogP contribution in [0.2, 0.25) is 0 Å². The molecule has 2 aromatic rings. The monoisotopic (exact) mass is 273 g/mol. The van der Waals surface area contributed by atoms with Gasteiger partial charge in [0, 0.05) is 23.3 Å². The summed E-state index contributed by atoms with van der Waals surface area (Å²) >= 11 is 1.69. The lowest BCUT2D eigenvalue weighted by Crippen LogP contribution is -2.18. The summed E-state index contributed by atoms with van der Waals surface area (Å²) in [5, 5.41) is 3.42. The Labute approximate surface area is 118 Å². The van der Waals surface area contributed by atoms with Gasteiger partial charge < -0.3 is 5.32 Å². The minimum absolute atomic E-state index is 0.857. The minimum atomic E-state index is 0.857. The van der Waals surface area contributed by atoms with Gasteiger partial charge in [0.15, 0.2) is 0 Å². The third kappa shape index (κ3) is 3.55. The molecule has 19 heavy (non-hydrogen) atoms. The number of hydrogen-bond donors (Lipinski definition) is 1. The Bertz CT molecular complexity index is 487. The van der Waals surface area contributed by atoms with E-state index in [0.717, 1.165) is 13.1 Å². The lowest BCUT2D eigenvalue weighted by Gasteiger charge is -2.14. The highest BCUT2D eigenvalue weighted by atomic mass is 32.1. The molecule has 1 fully saturated rings. The van der Waals surface area contributed by atoms with Gasteiger partial charge in [-0.1, -0.05) is 12.1 Å². The van der Waals surface area contributed by atoms with E-state index < -0.39 is 0 Å². The first-order chi connectivity index (χ1) is 9.40. The summed E-state index contributed by atoms with van der Waals surface area (Å²) in [5.41, 5.74) is 4.46. The highest BCUT2D eigenvalue weighted by Crippen LogP contribution is 2.16.